The molecule has 0 aliphatic heterocycles. The molecule has 2 nitrogen and oxygen atoms in total. The molecule has 0 saturated heterocycles. The molecule has 0 spiro atoms. The van der Waals surface area contributed by atoms with Crippen LogP contribution in [0.5, 0.6) is 11.5 Å². The number of ether oxygens (including phenoxy) is 1. The minimum atomic E-state index is -0.387. The SMILES string of the molecule is Cc1ccc(Oc2cc(Br)ccc2F)c(CCN)c1. The van der Waals surface area contributed by atoms with E-state index in [0.717, 1.165) is 15.6 Å². The van der Waals surface area contributed by atoms with Gasteiger partial charge in [0.05, 0.1) is 0 Å². The number of nitrogens with two attached hydrogens (primary N) is 1. The molecule has 0 unspecified atom stereocenters. The number of benzene rings is 2. The summed E-state index contributed by atoms with van der Waals surface area (Å²) in [5.74, 6) is 0.465. The van der Waals surface area contributed by atoms with Crippen LogP contribution in [0.25, 0.3) is 0 Å². The number of halogens is 2. The Morgan fingerprint density at radius 3 is 2.68 bits per heavy atom. The minimum absolute atomic E-state index is 0.205. The zero-order valence-electron chi connectivity index (χ0n) is 10.6. The lowest BCUT2D eigenvalue weighted by Gasteiger charge is -2.12. The van der Waals surface area contributed by atoms with Crippen molar-refractivity contribution in [3.8, 4) is 11.5 Å². The van der Waals surface area contributed by atoms with Gasteiger partial charge in [0.25, 0.3) is 0 Å². The number of rotatable bonds is 4. The number of aryl methyl sites for hydroxylation is 1. The fraction of sp³-hybridized carbons (Fsp3) is 0.200. The van der Waals surface area contributed by atoms with Gasteiger partial charge in [0.15, 0.2) is 11.6 Å². The highest BCUT2D eigenvalue weighted by Gasteiger charge is 2.09. The van der Waals surface area contributed by atoms with E-state index >= 15 is 0 Å². The Morgan fingerprint density at radius 1 is 1.16 bits per heavy atom. The molecule has 2 rings (SSSR count). The second-order valence-electron chi connectivity index (χ2n) is 4.33. The molecule has 0 amide bonds. The smallest absolute Gasteiger partial charge is 0.165 e. The average Bonchev–Trinajstić information content (AvgIpc) is 2.37. The first-order chi connectivity index (χ1) is 9.10. The molecule has 19 heavy (non-hydrogen) atoms. The van der Waals surface area contributed by atoms with Gasteiger partial charge in [0.2, 0.25) is 0 Å². The first-order valence-corrected chi connectivity index (χ1v) is 6.82. The Balaban J connectivity index is 2.34. The molecular formula is C15H15BrFNO. The molecule has 0 bridgehead atoms. The van der Waals surface area contributed by atoms with E-state index in [4.69, 9.17) is 10.5 Å². The Labute approximate surface area is 120 Å². The fourth-order valence-electron chi connectivity index (χ4n) is 1.83. The van der Waals surface area contributed by atoms with E-state index < -0.39 is 0 Å². The van der Waals surface area contributed by atoms with Crippen LogP contribution < -0.4 is 10.5 Å². The van der Waals surface area contributed by atoms with Crippen molar-refractivity contribution >= 4 is 15.9 Å². The van der Waals surface area contributed by atoms with Gasteiger partial charge in [0.1, 0.15) is 5.75 Å². The van der Waals surface area contributed by atoms with Crippen molar-refractivity contribution in [1.82, 2.24) is 0 Å². The predicted octanol–water partition coefficient (Wildman–Crippen LogP) is 4.19. The average molecular weight is 324 g/mol. The van der Waals surface area contributed by atoms with Gasteiger partial charge in [-0.25, -0.2) is 4.39 Å². The van der Waals surface area contributed by atoms with E-state index in [2.05, 4.69) is 15.9 Å². The van der Waals surface area contributed by atoms with Crippen LogP contribution in [0.3, 0.4) is 0 Å². The Kier molecular flexibility index (Phi) is 4.56. The van der Waals surface area contributed by atoms with Crippen LogP contribution in [0.15, 0.2) is 40.9 Å². The first kappa shape index (κ1) is 14.0. The fourth-order valence-corrected chi connectivity index (χ4v) is 2.17. The monoisotopic (exact) mass is 323 g/mol. The molecule has 2 aromatic carbocycles. The summed E-state index contributed by atoms with van der Waals surface area (Å²) in [6.45, 7) is 2.53. The molecule has 100 valence electrons. The van der Waals surface area contributed by atoms with Gasteiger partial charge in [0, 0.05) is 4.47 Å². The van der Waals surface area contributed by atoms with Crippen molar-refractivity contribution in [1.29, 1.82) is 0 Å². The van der Waals surface area contributed by atoms with E-state index in [0.29, 0.717) is 18.7 Å². The van der Waals surface area contributed by atoms with E-state index in [1.54, 1.807) is 12.1 Å². The topological polar surface area (TPSA) is 35.2 Å². The van der Waals surface area contributed by atoms with Gasteiger partial charge in [-0.2, -0.15) is 0 Å². The molecule has 0 atom stereocenters. The third-order valence-corrected chi connectivity index (χ3v) is 3.24. The molecule has 0 aliphatic carbocycles. The van der Waals surface area contributed by atoms with Crippen LogP contribution in [0, 0.1) is 12.7 Å². The molecule has 0 aliphatic rings. The Morgan fingerprint density at radius 2 is 1.95 bits per heavy atom. The number of hydrogen-bond donors (Lipinski definition) is 1. The molecule has 4 heteroatoms. The quantitative estimate of drug-likeness (QED) is 0.915. The molecule has 2 aromatic rings. The Bertz CT molecular complexity index is 586. The molecule has 0 fully saturated rings. The lowest BCUT2D eigenvalue weighted by molar-refractivity contribution is 0.437. The predicted molar refractivity (Wildman–Crippen MR) is 78.1 cm³/mol. The molecular weight excluding hydrogens is 309 g/mol. The van der Waals surface area contributed by atoms with Crippen LogP contribution >= 0.6 is 15.9 Å². The second-order valence-corrected chi connectivity index (χ2v) is 5.24. The third-order valence-electron chi connectivity index (χ3n) is 2.74. The first-order valence-electron chi connectivity index (χ1n) is 6.02. The molecule has 2 N–H and O–H groups in total. The zero-order chi connectivity index (χ0) is 13.8. The van der Waals surface area contributed by atoms with E-state index in [9.17, 15) is 4.39 Å². The third kappa shape index (κ3) is 3.55. The van der Waals surface area contributed by atoms with Crippen LogP contribution in [0.4, 0.5) is 4.39 Å². The molecule has 0 saturated carbocycles. The maximum Gasteiger partial charge on any atom is 0.165 e. The second kappa shape index (κ2) is 6.17. The normalized spacial score (nSPS) is 10.5. The van der Waals surface area contributed by atoms with Crippen LogP contribution in [-0.2, 0) is 6.42 Å². The highest BCUT2D eigenvalue weighted by molar-refractivity contribution is 9.10. The van der Waals surface area contributed by atoms with Crippen molar-refractivity contribution in [2.24, 2.45) is 5.73 Å². The van der Waals surface area contributed by atoms with E-state index in [1.807, 2.05) is 25.1 Å². The van der Waals surface area contributed by atoms with Crippen molar-refractivity contribution in [2.45, 2.75) is 13.3 Å². The van der Waals surface area contributed by atoms with Crippen molar-refractivity contribution < 1.29 is 9.13 Å². The summed E-state index contributed by atoms with van der Waals surface area (Å²) in [6, 6.07) is 10.4. The summed E-state index contributed by atoms with van der Waals surface area (Å²) in [4.78, 5) is 0. The molecule has 0 heterocycles. The van der Waals surface area contributed by atoms with E-state index in [1.165, 1.54) is 6.07 Å². The highest BCUT2D eigenvalue weighted by atomic mass is 79.9. The van der Waals surface area contributed by atoms with Gasteiger partial charge in [-0.3, -0.25) is 0 Å². The van der Waals surface area contributed by atoms with Crippen LogP contribution in [0.1, 0.15) is 11.1 Å². The maximum atomic E-state index is 13.7. The summed E-state index contributed by atoms with van der Waals surface area (Å²) in [6.07, 6.45) is 0.701. The van der Waals surface area contributed by atoms with Crippen molar-refractivity contribution in [3.05, 3.63) is 57.8 Å². The Hall–Kier alpha value is -1.39. The van der Waals surface area contributed by atoms with Crippen molar-refractivity contribution in [2.75, 3.05) is 6.54 Å². The lowest BCUT2D eigenvalue weighted by atomic mass is 10.1. The van der Waals surface area contributed by atoms with Gasteiger partial charge < -0.3 is 10.5 Å². The summed E-state index contributed by atoms with van der Waals surface area (Å²) >= 11 is 3.30. The summed E-state index contributed by atoms with van der Waals surface area (Å²) < 4.78 is 20.1. The summed E-state index contributed by atoms with van der Waals surface area (Å²) in [7, 11) is 0. The van der Waals surface area contributed by atoms with Gasteiger partial charge >= 0.3 is 0 Å². The van der Waals surface area contributed by atoms with Gasteiger partial charge in [-0.15, -0.1) is 0 Å². The maximum absolute atomic E-state index is 13.7. The number of hydrogen-bond acceptors (Lipinski definition) is 2. The lowest BCUT2D eigenvalue weighted by Crippen LogP contribution is -2.04. The zero-order valence-corrected chi connectivity index (χ0v) is 12.2. The van der Waals surface area contributed by atoms with Crippen molar-refractivity contribution in [3.63, 3.8) is 0 Å². The highest BCUT2D eigenvalue weighted by Crippen LogP contribution is 2.30. The van der Waals surface area contributed by atoms with Crippen LogP contribution in [0.2, 0.25) is 0 Å². The van der Waals surface area contributed by atoms with Crippen LogP contribution in [-0.4, -0.2) is 6.54 Å². The summed E-state index contributed by atoms with van der Waals surface area (Å²) in [5, 5.41) is 0. The minimum Gasteiger partial charge on any atom is -0.454 e. The van der Waals surface area contributed by atoms with Gasteiger partial charge in [-0.1, -0.05) is 33.6 Å². The van der Waals surface area contributed by atoms with E-state index in [-0.39, 0.29) is 11.6 Å². The molecule has 0 radical (unpaired) electrons. The van der Waals surface area contributed by atoms with Gasteiger partial charge in [-0.05, 0) is 49.7 Å². The largest absolute Gasteiger partial charge is 0.454 e. The summed E-state index contributed by atoms with van der Waals surface area (Å²) in [5.41, 5.74) is 7.71. The standard InChI is InChI=1S/C15H15BrFNO/c1-10-2-5-14(11(8-10)6-7-18)19-15-9-12(16)3-4-13(15)17/h2-5,8-9H,6-7,18H2,1H3. The molecule has 0 aromatic heterocycles.